The number of carbonyl (C=O) groups is 1. The molecule has 166 valence electrons. The topological polar surface area (TPSA) is 75.7 Å². The van der Waals surface area contributed by atoms with E-state index in [1.165, 1.54) is 16.4 Å². The molecule has 0 saturated carbocycles. The molecule has 6 nitrogen and oxygen atoms in total. The number of methoxy groups -OCH3 is 1. The Morgan fingerprint density at radius 2 is 1.78 bits per heavy atom. The minimum absolute atomic E-state index is 0.191. The summed E-state index contributed by atoms with van der Waals surface area (Å²) in [4.78, 5) is 12.9. The van der Waals surface area contributed by atoms with Crippen LogP contribution in [0.25, 0.3) is 0 Å². The molecular weight excluding hydrogens is 448 g/mol. The number of nitrogens with zero attached hydrogens (tertiary/aromatic N) is 1. The number of anilines is 1. The van der Waals surface area contributed by atoms with Gasteiger partial charge in [-0.1, -0.05) is 23.7 Å². The highest BCUT2D eigenvalue weighted by molar-refractivity contribution is 7.92. The van der Waals surface area contributed by atoms with Crippen molar-refractivity contribution in [2.75, 3.05) is 18.0 Å². The van der Waals surface area contributed by atoms with E-state index in [-0.39, 0.29) is 10.8 Å². The number of carbonyl (C=O) groups excluding carboxylic acids is 1. The van der Waals surface area contributed by atoms with Gasteiger partial charge >= 0.3 is 0 Å². The fraction of sp³-hybridized carbons (Fsp3) is 0.208. The Morgan fingerprint density at radius 3 is 2.47 bits per heavy atom. The number of hydrogen-bond donors (Lipinski definition) is 1. The van der Waals surface area contributed by atoms with Gasteiger partial charge in [0.2, 0.25) is 0 Å². The van der Waals surface area contributed by atoms with Crippen LogP contribution in [0.4, 0.5) is 5.69 Å². The van der Waals surface area contributed by atoms with Crippen molar-refractivity contribution >= 4 is 33.2 Å². The van der Waals surface area contributed by atoms with Crippen molar-refractivity contribution in [1.29, 1.82) is 0 Å². The molecular formula is C24H23ClN2O4S. The van der Waals surface area contributed by atoms with Crippen LogP contribution < -0.4 is 14.4 Å². The Kier molecular flexibility index (Phi) is 6.39. The molecule has 1 heterocycles. The standard InChI is InChI=1S/C24H23ClN2O4S/c1-31-21-9-4-17(5-10-21)16-26-24(28)19-6-13-23-18(15-19)3-2-14-27(23)32(29,30)22-11-7-20(25)8-12-22/h4-13,15H,2-3,14,16H2,1H3,(H,26,28). The van der Waals surface area contributed by atoms with Gasteiger partial charge in [-0.15, -0.1) is 0 Å². The summed E-state index contributed by atoms with van der Waals surface area (Å²) in [5, 5.41) is 3.39. The average Bonchev–Trinajstić information content (AvgIpc) is 2.82. The van der Waals surface area contributed by atoms with Gasteiger partial charge in [-0.2, -0.15) is 0 Å². The quantitative estimate of drug-likeness (QED) is 0.578. The number of amides is 1. The molecule has 32 heavy (non-hydrogen) atoms. The normalized spacial score (nSPS) is 13.4. The molecule has 1 aliphatic heterocycles. The highest BCUT2D eigenvalue weighted by Gasteiger charge is 2.29. The largest absolute Gasteiger partial charge is 0.497 e. The van der Waals surface area contributed by atoms with Crippen LogP contribution in [0.2, 0.25) is 5.02 Å². The molecule has 0 unspecified atom stereocenters. The molecule has 0 fully saturated rings. The first-order valence-corrected chi connectivity index (χ1v) is 12.0. The Balaban J connectivity index is 1.52. The molecule has 0 bridgehead atoms. The van der Waals surface area contributed by atoms with Gasteiger partial charge in [0, 0.05) is 23.7 Å². The molecule has 8 heteroatoms. The molecule has 1 aliphatic rings. The molecule has 1 N–H and O–H groups in total. The van der Waals surface area contributed by atoms with Crippen molar-refractivity contribution < 1.29 is 17.9 Å². The lowest BCUT2D eigenvalue weighted by molar-refractivity contribution is 0.0951. The van der Waals surface area contributed by atoms with E-state index in [2.05, 4.69) is 5.32 Å². The van der Waals surface area contributed by atoms with E-state index in [9.17, 15) is 13.2 Å². The van der Waals surface area contributed by atoms with E-state index >= 15 is 0 Å². The predicted molar refractivity (Wildman–Crippen MR) is 125 cm³/mol. The van der Waals surface area contributed by atoms with Crippen LogP contribution in [0.1, 0.15) is 27.9 Å². The number of halogens is 1. The van der Waals surface area contributed by atoms with Gasteiger partial charge in [-0.05, 0) is 78.6 Å². The monoisotopic (exact) mass is 470 g/mol. The van der Waals surface area contributed by atoms with Crippen molar-refractivity contribution in [3.05, 3.63) is 88.4 Å². The second-order valence-electron chi connectivity index (χ2n) is 7.51. The zero-order valence-corrected chi connectivity index (χ0v) is 19.1. The Bertz CT molecular complexity index is 1230. The maximum atomic E-state index is 13.2. The summed E-state index contributed by atoms with van der Waals surface area (Å²) >= 11 is 5.90. The zero-order chi connectivity index (χ0) is 22.7. The van der Waals surface area contributed by atoms with Crippen LogP contribution in [-0.2, 0) is 23.0 Å². The van der Waals surface area contributed by atoms with Gasteiger partial charge in [0.05, 0.1) is 17.7 Å². The van der Waals surface area contributed by atoms with Crippen LogP contribution in [0.15, 0.2) is 71.6 Å². The lowest BCUT2D eigenvalue weighted by Crippen LogP contribution is -2.35. The lowest BCUT2D eigenvalue weighted by Gasteiger charge is -2.30. The second-order valence-corrected chi connectivity index (χ2v) is 9.81. The van der Waals surface area contributed by atoms with Crippen LogP contribution >= 0.6 is 11.6 Å². The minimum Gasteiger partial charge on any atom is -0.497 e. The van der Waals surface area contributed by atoms with Crippen molar-refractivity contribution in [2.45, 2.75) is 24.3 Å². The summed E-state index contributed by atoms with van der Waals surface area (Å²) in [6, 6.07) is 18.8. The smallest absolute Gasteiger partial charge is 0.264 e. The van der Waals surface area contributed by atoms with Gasteiger partial charge in [-0.3, -0.25) is 9.10 Å². The fourth-order valence-electron chi connectivity index (χ4n) is 3.72. The van der Waals surface area contributed by atoms with E-state index in [0.717, 1.165) is 16.9 Å². The van der Waals surface area contributed by atoms with Gasteiger partial charge in [0.1, 0.15) is 5.75 Å². The Morgan fingerprint density at radius 1 is 1.06 bits per heavy atom. The van der Waals surface area contributed by atoms with E-state index in [1.54, 1.807) is 37.4 Å². The molecule has 0 radical (unpaired) electrons. The summed E-state index contributed by atoms with van der Waals surface area (Å²) in [6.07, 6.45) is 1.39. The summed E-state index contributed by atoms with van der Waals surface area (Å²) in [5.74, 6) is 0.550. The molecule has 0 atom stereocenters. The molecule has 3 aromatic rings. The van der Waals surface area contributed by atoms with Crippen LogP contribution in [0.3, 0.4) is 0 Å². The van der Waals surface area contributed by atoms with Gasteiger partial charge in [0.25, 0.3) is 15.9 Å². The van der Waals surface area contributed by atoms with Crippen molar-refractivity contribution in [2.24, 2.45) is 0 Å². The summed E-state index contributed by atoms with van der Waals surface area (Å²) in [5.41, 5.74) is 2.91. The third-order valence-electron chi connectivity index (χ3n) is 5.43. The molecule has 3 aromatic carbocycles. The number of nitrogens with one attached hydrogen (secondary N) is 1. The summed E-state index contributed by atoms with van der Waals surface area (Å²) in [6.45, 7) is 0.776. The number of hydrogen-bond acceptors (Lipinski definition) is 4. The SMILES string of the molecule is COc1ccc(CNC(=O)c2ccc3c(c2)CCCN3S(=O)(=O)c2ccc(Cl)cc2)cc1. The van der Waals surface area contributed by atoms with Crippen molar-refractivity contribution in [3.8, 4) is 5.75 Å². The van der Waals surface area contributed by atoms with Crippen LogP contribution in [0.5, 0.6) is 5.75 Å². The molecule has 0 aromatic heterocycles. The van der Waals surface area contributed by atoms with Crippen LogP contribution in [0, 0.1) is 0 Å². The molecule has 0 spiro atoms. The van der Waals surface area contributed by atoms with Crippen LogP contribution in [-0.4, -0.2) is 28.0 Å². The molecule has 0 saturated heterocycles. The predicted octanol–water partition coefficient (Wildman–Crippen LogP) is 4.42. The zero-order valence-electron chi connectivity index (χ0n) is 17.5. The third-order valence-corrected chi connectivity index (χ3v) is 7.51. The van der Waals surface area contributed by atoms with E-state index < -0.39 is 10.0 Å². The first kappa shape index (κ1) is 22.2. The highest BCUT2D eigenvalue weighted by Crippen LogP contribution is 2.33. The molecule has 0 aliphatic carbocycles. The molecule has 4 rings (SSSR count). The Hall–Kier alpha value is -3.03. The number of sulfonamides is 1. The minimum atomic E-state index is -3.71. The maximum absolute atomic E-state index is 13.2. The molecule has 1 amide bonds. The average molecular weight is 471 g/mol. The van der Waals surface area contributed by atoms with Crippen molar-refractivity contribution in [1.82, 2.24) is 5.32 Å². The second kappa shape index (κ2) is 9.22. The van der Waals surface area contributed by atoms with E-state index in [1.807, 2.05) is 24.3 Å². The first-order chi connectivity index (χ1) is 15.4. The number of benzene rings is 3. The number of ether oxygens (including phenoxy) is 1. The van der Waals surface area contributed by atoms with E-state index in [0.29, 0.717) is 42.2 Å². The Labute approximate surface area is 192 Å². The number of rotatable bonds is 6. The summed E-state index contributed by atoms with van der Waals surface area (Å²) in [7, 11) is -2.11. The number of fused-ring (bicyclic) bond motifs is 1. The van der Waals surface area contributed by atoms with Gasteiger partial charge in [-0.25, -0.2) is 8.42 Å². The van der Waals surface area contributed by atoms with Gasteiger partial charge < -0.3 is 10.1 Å². The van der Waals surface area contributed by atoms with Crippen molar-refractivity contribution in [3.63, 3.8) is 0 Å². The fourth-order valence-corrected chi connectivity index (χ4v) is 5.38. The maximum Gasteiger partial charge on any atom is 0.264 e. The van der Waals surface area contributed by atoms with Gasteiger partial charge in [0.15, 0.2) is 0 Å². The lowest BCUT2D eigenvalue weighted by atomic mass is 10.0. The highest BCUT2D eigenvalue weighted by atomic mass is 35.5. The third kappa shape index (κ3) is 4.59. The summed E-state index contributed by atoms with van der Waals surface area (Å²) < 4.78 is 32.9. The van der Waals surface area contributed by atoms with E-state index in [4.69, 9.17) is 16.3 Å². The first-order valence-electron chi connectivity index (χ1n) is 10.2. The number of aryl methyl sites for hydroxylation is 1.